The largest absolute Gasteiger partial charge is 0.496 e. The van der Waals surface area contributed by atoms with Gasteiger partial charge in [-0.25, -0.2) is 4.68 Å². The molecule has 1 aromatic carbocycles. The van der Waals surface area contributed by atoms with Gasteiger partial charge in [0.25, 0.3) is 0 Å². The van der Waals surface area contributed by atoms with E-state index in [1.54, 1.807) is 24.2 Å². The van der Waals surface area contributed by atoms with Crippen molar-refractivity contribution in [2.24, 2.45) is 5.73 Å². The first kappa shape index (κ1) is 12.0. The molecule has 1 heterocycles. The van der Waals surface area contributed by atoms with Gasteiger partial charge in [0.1, 0.15) is 5.75 Å². The Bertz CT molecular complexity index is 522. The minimum Gasteiger partial charge on any atom is -0.496 e. The number of ether oxygens (including phenoxy) is 1. The van der Waals surface area contributed by atoms with Crippen molar-refractivity contribution in [3.8, 4) is 11.4 Å². The molecule has 0 saturated heterocycles. The average Bonchev–Trinajstić information content (AvgIpc) is 2.74. The molecule has 0 aliphatic carbocycles. The van der Waals surface area contributed by atoms with Gasteiger partial charge in [0, 0.05) is 17.8 Å². The summed E-state index contributed by atoms with van der Waals surface area (Å²) in [6.45, 7) is 1.91. The quantitative estimate of drug-likeness (QED) is 0.912. The van der Waals surface area contributed by atoms with Gasteiger partial charge < -0.3 is 10.5 Å². The van der Waals surface area contributed by atoms with Crippen molar-refractivity contribution in [1.29, 1.82) is 0 Å². The van der Waals surface area contributed by atoms with Crippen LogP contribution in [-0.4, -0.2) is 16.9 Å². The van der Waals surface area contributed by atoms with Crippen molar-refractivity contribution in [1.82, 2.24) is 9.78 Å². The van der Waals surface area contributed by atoms with E-state index in [0.29, 0.717) is 5.02 Å². The molecule has 2 N–H and O–H groups in total. The average molecular weight is 252 g/mol. The van der Waals surface area contributed by atoms with Crippen LogP contribution < -0.4 is 10.5 Å². The van der Waals surface area contributed by atoms with Crippen molar-refractivity contribution in [3.05, 3.63) is 41.2 Å². The van der Waals surface area contributed by atoms with Gasteiger partial charge in [0.2, 0.25) is 0 Å². The van der Waals surface area contributed by atoms with E-state index in [9.17, 15) is 0 Å². The molecular formula is C12H14ClN3O. The van der Waals surface area contributed by atoms with Crippen LogP contribution in [-0.2, 0) is 0 Å². The first-order valence-electron chi connectivity index (χ1n) is 5.26. The standard InChI is InChI=1S/C12H14ClN3O/c1-8(14)12-10(4-3-5-11(12)17-2)16-7-9(13)6-15-16/h3-8H,14H2,1-2H3/t8-/m0/s1. The number of rotatable bonds is 3. The third-order valence-electron chi connectivity index (χ3n) is 2.52. The summed E-state index contributed by atoms with van der Waals surface area (Å²) in [4.78, 5) is 0. The van der Waals surface area contributed by atoms with Crippen LogP contribution in [0.5, 0.6) is 5.75 Å². The predicted molar refractivity (Wildman–Crippen MR) is 67.7 cm³/mol. The maximum atomic E-state index is 5.98. The molecule has 0 saturated carbocycles. The molecule has 0 aliphatic rings. The second kappa shape index (κ2) is 4.77. The summed E-state index contributed by atoms with van der Waals surface area (Å²) in [7, 11) is 1.63. The van der Waals surface area contributed by atoms with Gasteiger partial charge in [0.05, 0.1) is 24.0 Å². The number of halogens is 1. The summed E-state index contributed by atoms with van der Waals surface area (Å²) >= 11 is 5.87. The monoisotopic (exact) mass is 251 g/mol. The molecule has 0 spiro atoms. The SMILES string of the molecule is COc1cccc(-n2cc(Cl)cn2)c1[C@H](C)N. The third-order valence-corrected chi connectivity index (χ3v) is 2.71. The molecule has 4 nitrogen and oxygen atoms in total. The minimum atomic E-state index is -0.149. The second-order valence-electron chi connectivity index (χ2n) is 3.78. The molecule has 1 aromatic heterocycles. The molecular weight excluding hydrogens is 238 g/mol. The number of aromatic nitrogens is 2. The van der Waals surface area contributed by atoms with E-state index in [1.807, 2.05) is 25.1 Å². The fourth-order valence-corrected chi connectivity index (χ4v) is 1.94. The van der Waals surface area contributed by atoms with Crippen molar-refractivity contribution in [2.75, 3.05) is 7.11 Å². The molecule has 90 valence electrons. The summed E-state index contributed by atoms with van der Waals surface area (Å²) in [6.07, 6.45) is 3.33. The van der Waals surface area contributed by atoms with Gasteiger partial charge in [-0.2, -0.15) is 5.10 Å². The Hall–Kier alpha value is -1.52. The van der Waals surface area contributed by atoms with Gasteiger partial charge >= 0.3 is 0 Å². The van der Waals surface area contributed by atoms with Crippen LogP contribution in [0.4, 0.5) is 0 Å². The Labute approximate surface area is 105 Å². The molecule has 0 fully saturated rings. The van der Waals surface area contributed by atoms with Gasteiger partial charge in [-0.15, -0.1) is 0 Å². The zero-order valence-corrected chi connectivity index (χ0v) is 10.5. The fraction of sp³-hybridized carbons (Fsp3) is 0.250. The van der Waals surface area contributed by atoms with Gasteiger partial charge in [0.15, 0.2) is 0 Å². The van der Waals surface area contributed by atoms with E-state index in [2.05, 4.69) is 5.10 Å². The van der Waals surface area contributed by atoms with E-state index in [-0.39, 0.29) is 6.04 Å². The Morgan fingerprint density at radius 2 is 2.24 bits per heavy atom. The lowest BCUT2D eigenvalue weighted by Gasteiger charge is -2.16. The van der Waals surface area contributed by atoms with Crippen LogP contribution >= 0.6 is 11.6 Å². The number of nitrogens with zero attached hydrogens (tertiary/aromatic N) is 2. The fourth-order valence-electron chi connectivity index (χ4n) is 1.80. The molecule has 1 atom stereocenters. The number of hydrogen-bond donors (Lipinski definition) is 1. The highest BCUT2D eigenvalue weighted by atomic mass is 35.5. The Kier molecular flexibility index (Phi) is 3.36. The van der Waals surface area contributed by atoms with Crippen LogP contribution in [0, 0.1) is 0 Å². The Morgan fingerprint density at radius 3 is 2.76 bits per heavy atom. The molecule has 0 aliphatic heterocycles. The first-order chi connectivity index (χ1) is 8.13. The maximum Gasteiger partial charge on any atom is 0.125 e. The van der Waals surface area contributed by atoms with E-state index in [1.165, 1.54) is 0 Å². The summed E-state index contributed by atoms with van der Waals surface area (Å²) in [5, 5.41) is 4.76. The minimum absolute atomic E-state index is 0.149. The number of benzene rings is 1. The molecule has 5 heteroatoms. The van der Waals surface area contributed by atoms with Crippen LogP contribution in [0.3, 0.4) is 0 Å². The maximum absolute atomic E-state index is 5.98. The molecule has 0 amide bonds. The summed E-state index contributed by atoms with van der Waals surface area (Å²) < 4.78 is 7.02. The predicted octanol–water partition coefficient (Wildman–Crippen LogP) is 2.55. The summed E-state index contributed by atoms with van der Waals surface area (Å²) in [6, 6.07) is 5.57. The third kappa shape index (κ3) is 2.28. The van der Waals surface area contributed by atoms with E-state index >= 15 is 0 Å². The molecule has 0 unspecified atom stereocenters. The number of hydrogen-bond acceptors (Lipinski definition) is 3. The lowest BCUT2D eigenvalue weighted by molar-refractivity contribution is 0.406. The Morgan fingerprint density at radius 1 is 1.47 bits per heavy atom. The van der Waals surface area contributed by atoms with Gasteiger partial charge in [-0.3, -0.25) is 0 Å². The van der Waals surface area contributed by atoms with Gasteiger partial charge in [-0.05, 0) is 19.1 Å². The normalized spacial score (nSPS) is 12.5. The van der Waals surface area contributed by atoms with Crippen molar-refractivity contribution >= 4 is 11.6 Å². The topological polar surface area (TPSA) is 53.1 Å². The highest BCUT2D eigenvalue weighted by Gasteiger charge is 2.14. The molecule has 0 bridgehead atoms. The van der Waals surface area contributed by atoms with E-state index in [0.717, 1.165) is 17.0 Å². The molecule has 17 heavy (non-hydrogen) atoms. The highest BCUT2D eigenvalue weighted by Crippen LogP contribution is 2.30. The van der Waals surface area contributed by atoms with Gasteiger partial charge in [-0.1, -0.05) is 17.7 Å². The molecule has 0 radical (unpaired) electrons. The number of nitrogens with two attached hydrogens (primary N) is 1. The Balaban J connectivity index is 2.60. The summed E-state index contributed by atoms with van der Waals surface area (Å²) in [5.41, 5.74) is 7.77. The van der Waals surface area contributed by atoms with Crippen LogP contribution in [0.15, 0.2) is 30.6 Å². The van der Waals surface area contributed by atoms with Crippen molar-refractivity contribution < 1.29 is 4.74 Å². The van der Waals surface area contributed by atoms with Crippen LogP contribution in [0.1, 0.15) is 18.5 Å². The van der Waals surface area contributed by atoms with Crippen molar-refractivity contribution in [3.63, 3.8) is 0 Å². The zero-order valence-electron chi connectivity index (χ0n) is 9.72. The second-order valence-corrected chi connectivity index (χ2v) is 4.22. The zero-order chi connectivity index (χ0) is 12.4. The lowest BCUT2D eigenvalue weighted by atomic mass is 10.1. The number of methoxy groups -OCH3 is 1. The van der Waals surface area contributed by atoms with E-state index < -0.39 is 0 Å². The lowest BCUT2D eigenvalue weighted by Crippen LogP contribution is -2.11. The van der Waals surface area contributed by atoms with Crippen molar-refractivity contribution in [2.45, 2.75) is 13.0 Å². The summed E-state index contributed by atoms with van der Waals surface area (Å²) in [5.74, 6) is 0.754. The highest BCUT2D eigenvalue weighted by molar-refractivity contribution is 6.30. The first-order valence-corrected chi connectivity index (χ1v) is 5.64. The van der Waals surface area contributed by atoms with Crippen LogP contribution in [0.25, 0.3) is 5.69 Å². The van der Waals surface area contributed by atoms with Crippen LogP contribution in [0.2, 0.25) is 5.02 Å². The van der Waals surface area contributed by atoms with E-state index in [4.69, 9.17) is 22.1 Å². The molecule has 2 rings (SSSR count). The smallest absolute Gasteiger partial charge is 0.125 e. The molecule has 2 aromatic rings.